The van der Waals surface area contributed by atoms with Gasteiger partial charge in [-0.2, -0.15) is 0 Å². The standard InChI is InChI=1S/C18H25N3O2/c1-13(18(23)20-10-4-8-15(12-20)17(19)22)21-11-5-7-14-6-2-3-9-16(14)21/h2-3,6,9,13,15H,4-5,7-8,10-12H2,1H3,(H2,19,22)/t13-,15+/m1/s1. The Hall–Kier alpha value is -2.04. The normalized spacial score (nSPS) is 22.4. The molecule has 2 atom stereocenters. The molecule has 3 rings (SSSR count). The van der Waals surface area contributed by atoms with Crippen LogP contribution in [0.5, 0.6) is 0 Å². The Morgan fingerprint density at radius 3 is 2.78 bits per heavy atom. The van der Waals surface area contributed by atoms with Gasteiger partial charge in [-0.3, -0.25) is 9.59 Å². The van der Waals surface area contributed by atoms with E-state index in [9.17, 15) is 9.59 Å². The third kappa shape index (κ3) is 3.19. The van der Waals surface area contributed by atoms with Crippen LogP contribution in [0.25, 0.3) is 0 Å². The maximum absolute atomic E-state index is 12.9. The molecule has 124 valence electrons. The van der Waals surface area contributed by atoms with Crippen LogP contribution in [0.15, 0.2) is 24.3 Å². The van der Waals surface area contributed by atoms with E-state index < -0.39 is 0 Å². The van der Waals surface area contributed by atoms with Crippen LogP contribution >= 0.6 is 0 Å². The van der Waals surface area contributed by atoms with Crippen LogP contribution in [0, 0.1) is 5.92 Å². The van der Waals surface area contributed by atoms with E-state index in [0.29, 0.717) is 6.54 Å². The number of amides is 2. The molecule has 0 aromatic heterocycles. The lowest BCUT2D eigenvalue weighted by atomic mass is 9.96. The van der Waals surface area contributed by atoms with Crippen LogP contribution in [0.2, 0.25) is 0 Å². The molecule has 2 aliphatic rings. The number of primary amides is 1. The smallest absolute Gasteiger partial charge is 0.245 e. The van der Waals surface area contributed by atoms with Crippen LogP contribution < -0.4 is 10.6 Å². The summed E-state index contributed by atoms with van der Waals surface area (Å²) in [6, 6.07) is 8.11. The van der Waals surface area contributed by atoms with Crippen molar-refractivity contribution >= 4 is 17.5 Å². The van der Waals surface area contributed by atoms with Crippen LogP contribution in [-0.4, -0.2) is 42.4 Å². The van der Waals surface area contributed by atoms with Gasteiger partial charge in [-0.25, -0.2) is 0 Å². The van der Waals surface area contributed by atoms with Crippen molar-refractivity contribution in [2.75, 3.05) is 24.5 Å². The quantitative estimate of drug-likeness (QED) is 0.920. The third-order valence-electron chi connectivity index (χ3n) is 5.11. The van der Waals surface area contributed by atoms with Crippen LogP contribution in [-0.2, 0) is 16.0 Å². The molecule has 23 heavy (non-hydrogen) atoms. The van der Waals surface area contributed by atoms with Crippen molar-refractivity contribution in [3.05, 3.63) is 29.8 Å². The largest absolute Gasteiger partial charge is 0.369 e. The topological polar surface area (TPSA) is 66.6 Å². The highest BCUT2D eigenvalue weighted by molar-refractivity contribution is 5.86. The number of likely N-dealkylation sites (tertiary alicyclic amines) is 1. The number of fused-ring (bicyclic) bond motifs is 1. The molecule has 2 heterocycles. The SMILES string of the molecule is C[C@H](C(=O)N1CCC[C@H](C(N)=O)C1)N1CCCc2ccccc21. The highest BCUT2D eigenvalue weighted by atomic mass is 16.2. The first-order valence-corrected chi connectivity index (χ1v) is 8.50. The Morgan fingerprint density at radius 1 is 1.22 bits per heavy atom. The summed E-state index contributed by atoms with van der Waals surface area (Å²) in [5, 5.41) is 0. The van der Waals surface area contributed by atoms with Gasteiger partial charge in [-0.05, 0) is 44.2 Å². The van der Waals surface area contributed by atoms with Crippen molar-refractivity contribution < 1.29 is 9.59 Å². The maximum Gasteiger partial charge on any atom is 0.245 e. The van der Waals surface area contributed by atoms with Gasteiger partial charge in [0.05, 0.1) is 5.92 Å². The molecule has 0 aliphatic carbocycles. The van der Waals surface area contributed by atoms with E-state index in [2.05, 4.69) is 23.1 Å². The van der Waals surface area contributed by atoms with Gasteiger partial charge in [0.15, 0.2) is 0 Å². The lowest BCUT2D eigenvalue weighted by molar-refractivity contribution is -0.135. The van der Waals surface area contributed by atoms with Crippen molar-refractivity contribution in [1.29, 1.82) is 0 Å². The average molecular weight is 315 g/mol. The number of piperidine rings is 1. The minimum absolute atomic E-state index is 0.104. The molecular weight excluding hydrogens is 290 g/mol. The first-order chi connectivity index (χ1) is 11.1. The summed E-state index contributed by atoms with van der Waals surface area (Å²) in [5.41, 5.74) is 7.91. The zero-order chi connectivity index (χ0) is 16.4. The molecule has 0 radical (unpaired) electrons. The minimum atomic E-state index is -0.293. The molecule has 5 nitrogen and oxygen atoms in total. The van der Waals surface area contributed by atoms with Gasteiger partial charge in [0, 0.05) is 25.3 Å². The predicted octanol–water partition coefficient (Wildman–Crippen LogP) is 1.55. The summed E-state index contributed by atoms with van der Waals surface area (Å²) in [4.78, 5) is 28.4. The second-order valence-corrected chi connectivity index (χ2v) is 6.63. The molecule has 0 unspecified atom stereocenters. The van der Waals surface area contributed by atoms with E-state index in [1.807, 2.05) is 17.9 Å². The van der Waals surface area contributed by atoms with E-state index in [0.717, 1.165) is 38.8 Å². The lowest BCUT2D eigenvalue weighted by Gasteiger charge is -2.39. The number of hydrogen-bond acceptors (Lipinski definition) is 3. The van der Waals surface area contributed by atoms with Crippen molar-refractivity contribution in [3.8, 4) is 0 Å². The summed E-state index contributed by atoms with van der Waals surface area (Å²) in [6.07, 6.45) is 3.78. The second kappa shape index (κ2) is 6.60. The number of para-hydroxylation sites is 1. The molecule has 1 aromatic carbocycles. The minimum Gasteiger partial charge on any atom is -0.369 e. The summed E-state index contributed by atoms with van der Waals surface area (Å²) in [5.74, 6) is -0.389. The summed E-state index contributed by atoms with van der Waals surface area (Å²) in [6.45, 7) is 4.06. The van der Waals surface area contributed by atoms with E-state index in [1.54, 1.807) is 0 Å². The highest BCUT2D eigenvalue weighted by Gasteiger charge is 2.32. The van der Waals surface area contributed by atoms with Gasteiger partial charge in [0.25, 0.3) is 0 Å². The van der Waals surface area contributed by atoms with Crippen LogP contribution in [0.4, 0.5) is 5.69 Å². The number of anilines is 1. The number of carbonyl (C=O) groups is 2. The molecule has 0 saturated carbocycles. The zero-order valence-electron chi connectivity index (χ0n) is 13.7. The molecule has 1 fully saturated rings. The summed E-state index contributed by atoms with van der Waals surface area (Å²) < 4.78 is 0. The Balaban J connectivity index is 1.74. The Kier molecular flexibility index (Phi) is 4.55. The number of aryl methyl sites for hydroxylation is 1. The Morgan fingerprint density at radius 2 is 2.00 bits per heavy atom. The van der Waals surface area contributed by atoms with Crippen LogP contribution in [0.1, 0.15) is 31.7 Å². The fourth-order valence-electron chi connectivity index (χ4n) is 3.77. The monoisotopic (exact) mass is 315 g/mol. The number of hydrogen-bond donors (Lipinski definition) is 1. The molecule has 2 N–H and O–H groups in total. The number of nitrogens with zero attached hydrogens (tertiary/aromatic N) is 2. The molecule has 1 aromatic rings. The average Bonchev–Trinajstić information content (AvgIpc) is 2.60. The molecule has 0 spiro atoms. The van der Waals surface area contributed by atoms with Crippen molar-refractivity contribution in [3.63, 3.8) is 0 Å². The van der Waals surface area contributed by atoms with Crippen LogP contribution in [0.3, 0.4) is 0 Å². The molecule has 2 aliphatic heterocycles. The van der Waals surface area contributed by atoms with Gasteiger partial charge in [0.2, 0.25) is 11.8 Å². The van der Waals surface area contributed by atoms with Crippen molar-refractivity contribution in [2.45, 2.75) is 38.6 Å². The van der Waals surface area contributed by atoms with Gasteiger partial charge in [-0.15, -0.1) is 0 Å². The first kappa shape index (κ1) is 15.8. The fourth-order valence-corrected chi connectivity index (χ4v) is 3.77. The Labute approximate surface area is 137 Å². The van der Waals surface area contributed by atoms with Gasteiger partial charge in [-0.1, -0.05) is 18.2 Å². The summed E-state index contributed by atoms with van der Waals surface area (Å²) in [7, 11) is 0. The van der Waals surface area contributed by atoms with E-state index in [4.69, 9.17) is 5.73 Å². The zero-order valence-corrected chi connectivity index (χ0v) is 13.7. The van der Waals surface area contributed by atoms with Crippen molar-refractivity contribution in [1.82, 2.24) is 4.90 Å². The Bertz CT molecular complexity index is 602. The van der Waals surface area contributed by atoms with Gasteiger partial charge < -0.3 is 15.5 Å². The predicted molar refractivity (Wildman–Crippen MR) is 90.1 cm³/mol. The van der Waals surface area contributed by atoms with Gasteiger partial charge in [0.1, 0.15) is 6.04 Å². The highest BCUT2D eigenvalue weighted by Crippen LogP contribution is 2.29. The van der Waals surface area contributed by atoms with E-state index >= 15 is 0 Å². The molecular formula is C18H25N3O2. The number of rotatable bonds is 3. The number of nitrogens with two attached hydrogens (primary N) is 1. The first-order valence-electron chi connectivity index (χ1n) is 8.50. The number of carbonyl (C=O) groups excluding carboxylic acids is 2. The fraction of sp³-hybridized carbons (Fsp3) is 0.556. The number of benzene rings is 1. The molecule has 1 saturated heterocycles. The maximum atomic E-state index is 12.9. The van der Waals surface area contributed by atoms with Crippen molar-refractivity contribution in [2.24, 2.45) is 11.7 Å². The second-order valence-electron chi connectivity index (χ2n) is 6.63. The molecule has 5 heteroatoms. The summed E-state index contributed by atoms with van der Waals surface area (Å²) >= 11 is 0. The molecule has 2 amide bonds. The van der Waals surface area contributed by atoms with E-state index in [1.165, 1.54) is 11.3 Å². The third-order valence-corrected chi connectivity index (χ3v) is 5.11. The molecule has 0 bridgehead atoms. The lowest BCUT2D eigenvalue weighted by Crippen LogP contribution is -2.52. The van der Waals surface area contributed by atoms with E-state index in [-0.39, 0.29) is 23.8 Å². The van der Waals surface area contributed by atoms with Gasteiger partial charge >= 0.3 is 0 Å².